The van der Waals surface area contributed by atoms with Crippen molar-refractivity contribution in [2.24, 2.45) is 17.3 Å². The SMILES string of the molecule is CC12CC3(c4cc(C#N)cc(-c5ccc(-c6nc(-c7ccccc7)nc(-c7ccc(-c8cccc9c8oc8ccccc89)cc7)n6)cc5)c4)C[C@H]1CC[C@H]2C3. The van der Waals surface area contributed by atoms with Crippen molar-refractivity contribution in [2.45, 2.75) is 44.4 Å². The highest BCUT2D eigenvalue weighted by Crippen LogP contribution is 2.73. The van der Waals surface area contributed by atoms with Crippen molar-refractivity contribution < 1.29 is 4.42 Å². The monoisotopic (exact) mass is 710 g/mol. The first kappa shape index (κ1) is 32.1. The van der Waals surface area contributed by atoms with E-state index in [1.807, 2.05) is 54.6 Å². The van der Waals surface area contributed by atoms with Gasteiger partial charge in [0.25, 0.3) is 0 Å². The molecule has 2 bridgehead atoms. The molecule has 55 heavy (non-hydrogen) atoms. The fraction of sp³-hybridized carbons (Fsp3) is 0.200. The summed E-state index contributed by atoms with van der Waals surface area (Å²) in [6.45, 7) is 2.53. The molecule has 3 saturated carbocycles. The van der Waals surface area contributed by atoms with E-state index in [1.54, 1.807) is 0 Å². The van der Waals surface area contributed by atoms with Crippen LogP contribution in [0.3, 0.4) is 0 Å². The van der Waals surface area contributed by atoms with Crippen molar-refractivity contribution >= 4 is 21.9 Å². The number of benzene rings is 6. The topological polar surface area (TPSA) is 75.6 Å². The molecule has 11 rings (SSSR count). The fourth-order valence-corrected chi connectivity index (χ4v) is 10.7. The molecule has 6 aromatic carbocycles. The molecule has 0 amide bonds. The highest BCUT2D eigenvalue weighted by Gasteiger charge is 2.65. The lowest BCUT2D eigenvalue weighted by atomic mass is 9.71. The third kappa shape index (κ3) is 5.08. The van der Waals surface area contributed by atoms with Crippen molar-refractivity contribution in [1.82, 2.24) is 15.0 Å². The summed E-state index contributed by atoms with van der Waals surface area (Å²) < 4.78 is 6.34. The van der Waals surface area contributed by atoms with Gasteiger partial charge in [-0.15, -0.1) is 0 Å². The summed E-state index contributed by atoms with van der Waals surface area (Å²) in [4.78, 5) is 15.0. The Morgan fingerprint density at radius 2 is 1.16 bits per heavy atom. The number of furan rings is 1. The molecule has 0 N–H and O–H groups in total. The standard InChI is InChI=1S/C50H38N4O/c1-49-30-50(27-38(49)22-23-39(49)28-50)40-25-31(29-51)24-37(26-40)32-14-18-35(19-15-32)47-52-46(34-8-3-2-4-9-34)53-48(54-47)36-20-16-33(17-21-36)41-11-7-12-43-42-10-5-6-13-44(42)55-45(41)43/h2-21,24-26,38-39H,22-23,27-28,30H2,1H3/t38-,39+,49?,50?. The van der Waals surface area contributed by atoms with Crippen LogP contribution in [0.25, 0.3) is 78.4 Å². The predicted octanol–water partition coefficient (Wildman–Crippen LogP) is 12.4. The van der Waals surface area contributed by atoms with E-state index in [0.717, 1.165) is 78.3 Å². The number of aromatic nitrogens is 3. The maximum absolute atomic E-state index is 10.1. The Kier molecular flexibility index (Phi) is 7.04. The number of nitriles is 1. The number of para-hydroxylation sites is 2. The minimum atomic E-state index is 0.205. The number of rotatable bonds is 6. The molecular weight excluding hydrogens is 673 g/mol. The van der Waals surface area contributed by atoms with Crippen molar-refractivity contribution in [3.8, 4) is 62.5 Å². The lowest BCUT2D eigenvalue weighted by Gasteiger charge is -2.33. The van der Waals surface area contributed by atoms with Gasteiger partial charge in [-0.25, -0.2) is 15.0 Å². The van der Waals surface area contributed by atoms with Gasteiger partial charge >= 0.3 is 0 Å². The van der Waals surface area contributed by atoms with E-state index >= 15 is 0 Å². The molecule has 3 aliphatic carbocycles. The number of hydrogen-bond acceptors (Lipinski definition) is 5. The van der Waals surface area contributed by atoms with Gasteiger partial charge in [-0.2, -0.15) is 5.26 Å². The normalized spacial score (nSPS) is 22.4. The van der Waals surface area contributed by atoms with Gasteiger partial charge in [0.05, 0.1) is 11.6 Å². The first-order chi connectivity index (χ1) is 27.0. The molecule has 5 heteroatoms. The molecule has 3 aliphatic rings. The van der Waals surface area contributed by atoms with E-state index in [0.29, 0.717) is 22.9 Å². The van der Waals surface area contributed by atoms with E-state index < -0.39 is 0 Å². The van der Waals surface area contributed by atoms with E-state index in [9.17, 15) is 5.26 Å². The van der Waals surface area contributed by atoms with Crippen LogP contribution >= 0.6 is 0 Å². The second-order valence-corrected chi connectivity index (χ2v) is 16.4. The molecule has 5 nitrogen and oxygen atoms in total. The lowest BCUT2D eigenvalue weighted by molar-refractivity contribution is 0.195. The van der Waals surface area contributed by atoms with Gasteiger partial charge in [0.1, 0.15) is 11.2 Å². The molecule has 2 heterocycles. The van der Waals surface area contributed by atoms with E-state index in [4.69, 9.17) is 19.4 Å². The molecule has 2 aromatic heterocycles. The summed E-state index contributed by atoms with van der Waals surface area (Å²) in [6, 6.07) is 50.5. The second-order valence-electron chi connectivity index (χ2n) is 16.4. The third-order valence-corrected chi connectivity index (χ3v) is 13.4. The maximum atomic E-state index is 10.1. The first-order valence-electron chi connectivity index (χ1n) is 19.5. The van der Waals surface area contributed by atoms with Crippen LogP contribution < -0.4 is 0 Å². The predicted molar refractivity (Wildman–Crippen MR) is 219 cm³/mol. The molecule has 0 aliphatic heterocycles. The molecule has 0 spiro atoms. The zero-order valence-electron chi connectivity index (χ0n) is 30.7. The van der Waals surface area contributed by atoms with Gasteiger partial charge in [-0.3, -0.25) is 0 Å². The van der Waals surface area contributed by atoms with Crippen LogP contribution in [0.4, 0.5) is 0 Å². The van der Waals surface area contributed by atoms with Crippen LogP contribution in [-0.4, -0.2) is 15.0 Å². The van der Waals surface area contributed by atoms with E-state index in [1.165, 1.54) is 37.7 Å². The summed E-state index contributed by atoms with van der Waals surface area (Å²) in [7, 11) is 0. The molecule has 3 fully saturated rings. The first-order valence-corrected chi connectivity index (χ1v) is 19.5. The van der Waals surface area contributed by atoms with Gasteiger partial charge in [-0.1, -0.05) is 128 Å². The van der Waals surface area contributed by atoms with Crippen LogP contribution in [0.15, 0.2) is 144 Å². The molecule has 4 atom stereocenters. The summed E-state index contributed by atoms with van der Waals surface area (Å²) in [5.74, 6) is 3.49. The molecule has 0 saturated heterocycles. The minimum Gasteiger partial charge on any atom is -0.455 e. The minimum absolute atomic E-state index is 0.205. The summed E-state index contributed by atoms with van der Waals surface area (Å²) in [5, 5.41) is 12.3. The van der Waals surface area contributed by atoms with Crippen molar-refractivity contribution in [2.75, 3.05) is 0 Å². The van der Waals surface area contributed by atoms with Crippen molar-refractivity contribution in [3.05, 3.63) is 151 Å². The Balaban J connectivity index is 0.947. The quantitative estimate of drug-likeness (QED) is 0.172. The third-order valence-electron chi connectivity index (χ3n) is 13.4. The number of fused-ring (bicyclic) bond motifs is 4. The highest BCUT2D eigenvalue weighted by molar-refractivity contribution is 6.09. The zero-order valence-corrected chi connectivity index (χ0v) is 30.7. The summed E-state index contributed by atoms with van der Waals surface area (Å²) in [5.41, 5.74) is 11.6. The average molecular weight is 711 g/mol. The van der Waals surface area contributed by atoms with Crippen LogP contribution in [0.5, 0.6) is 0 Å². The molecule has 0 radical (unpaired) electrons. The highest BCUT2D eigenvalue weighted by atomic mass is 16.3. The van der Waals surface area contributed by atoms with Gasteiger partial charge in [0, 0.05) is 33.0 Å². The number of hydrogen-bond donors (Lipinski definition) is 0. The van der Waals surface area contributed by atoms with Crippen LogP contribution in [0.2, 0.25) is 0 Å². The maximum Gasteiger partial charge on any atom is 0.164 e. The van der Waals surface area contributed by atoms with Gasteiger partial charge in [0.15, 0.2) is 17.5 Å². The molecular formula is C50H38N4O. The summed E-state index contributed by atoms with van der Waals surface area (Å²) >= 11 is 0. The fourth-order valence-electron chi connectivity index (χ4n) is 10.7. The molecule has 2 unspecified atom stereocenters. The van der Waals surface area contributed by atoms with Gasteiger partial charge in [-0.05, 0) is 95.2 Å². The zero-order chi connectivity index (χ0) is 36.7. The molecule has 8 aromatic rings. The van der Waals surface area contributed by atoms with Crippen molar-refractivity contribution in [1.29, 1.82) is 5.26 Å². The Labute approximate surface area is 320 Å². The summed E-state index contributed by atoms with van der Waals surface area (Å²) in [6.07, 6.45) is 6.52. The Morgan fingerprint density at radius 1 is 0.582 bits per heavy atom. The lowest BCUT2D eigenvalue weighted by Crippen LogP contribution is -2.26. The smallest absolute Gasteiger partial charge is 0.164 e. The van der Waals surface area contributed by atoms with Gasteiger partial charge < -0.3 is 4.42 Å². The second kappa shape index (κ2) is 12.1. The van der Waals surface area contributed by atoms with Crippen LogP contribution in [-0.2, 0) is 5.41 Å². The molecule has 264 valence electrons. The van der Waals surface area contributed by atoms with Crippen LogP contribution in [0.1, 0.15) is 50.2 Å². The average Bonchev–Trinajstić information content (AvgIpc) is 3.90. The van der Waals surface area contributed by atoms with Crippen molar-refractivity contribution in [3.63, 3.8) is 0 Å². The Morgan fingerprint density at radius 3 is 1.82 bits per heavy atom. The van der Waals surface area contributed by atoms with Gasteiger partial charge in [0.2, 0.25) is 0 Å². The van der Waals surface area contributed by atoms with E-state index in [2.05, 4.69) is 97.9 Å². The Hall–Kier alpha value is -6.38. The number of nitrogens with zero attached hydrogens (tertiary/aromatic N) is 4. The van der Waals surface area contributed by atoms with Crippen LogP contribution in [0, 0.1) is 28.6 Å². The Bertz CT molecular complexity index is 2820. The largest absolute Gasteiger partial charge is 0.455 e. The van der Waals surface area contributed by atoms with E-state index in [-0.39, 0.29) is 5.41 Å².